The number of hydrogen-bond acceptors (Lipinski definition) is 4. The Labute approximate surface area is 101 Å². The van der Waals surface area contributed by atoms with E-state index in [1.165, 1.54) is 13.0 Å². The maximum Gasteiger partial charge on any atom is 0.154 e. The van der Waals surface area contributed by atoms with Crippen molar-refractivity contribution in [2.45, 2.75) is 13.8 Å². The summed E-state index contributed by atoms with van der Waals surface area (Å²) in [4.78, 5) is 10.9. The zero-order chi connectivity index (χ0) is 12.8. The van der Waals surface area contributed by atoms with Gasteiger partial charge in [-0.15, -0.1) is 0 Å². The summed E-state index contributed by atoms with van der Waals surface area (Å²) in [6, 6.07) is 5.44. The van der Waals surface area contributed by atoms with Crippen molar-refractivity contribution < 1.29 is 14.3 Å². The molecule has 17 heavy (non-hydrogen) atoms. The number of nitrogens with one attached hydrogen (secondary N) is 1. The lowest BCUT2D eigenvalue weighted by molar-refractivity contribution is -0.112. The van der Waals surface area contributed by atoms with E-state index >= 15 is 0 Å². The third kappa shape index (κ3) is 3.83. The van der Waals surface area contributed by atoms with Crippen LogP contribution in [0.5, 0.6) is 11.5 Å². The zero-order valence-electron chi connectivity index (χ0n) is 10.5. The normalized spacial score (nSPS) is 10.9. The fourth-order valence-electron chi connectivity index (χ4n) is 1.47. The molecule has 0 spiro atoms. The van der Waals surface area contributed by atoms with Crippen molar-refractivity contribution in [3.63, 3.8) is 0 Å². The highest BCUT2D eigenvalue weighted by molar-refractivity contribution is 5.88. The molecule has 0 aliphatic rings. The molecular weight excluding hydrogens is 218 g/mol. The van der Waals surface area contributed by atoms with Crippen LogP contribution in [0, 0.1) is 0 Å². The smallest absolute Gasteiger partial charge is 0.154 e. The fraction of sp³-hybridized carbons (Fsp3) is 0.308. The topological polar surface area (TPSA) is 47.6 Å². The Hall–Kier alpha value is -1.97. The van der Waals surface area contributed by atoms with Gasteiger partial charge in [0.15, 0.2) is 5.78 Å². The maximum absolute atomic E-state index is 10.9. The molecule has 1 N–H and O–H groups in total. The molecule has 1 aromatic rings. The van der Waals surface area contributed by atoms with Gasteiger partial charge in [-0.25, -0.2) is 0 Å². The predicted octanol–water partition coefficient (Wildman–Crippen LogP) is 2.61. The van der Waals surface area contributed by atoms with Gasteiger partial charge in [0.2, 0.25) is 0 Å². The summed E-state index contributed by atoms with van der Waals surface area (Å²) < 4.78 is 10.4. The molecule has 0 aromatic heterocycles. The molecule has 4 heteroatoms. The second-order valence-corrected chi connectivity index (χ2v) is 3.63. The second kappa shape index (κ2) is 5.94. The molecule has 0 heterocycles. The number of ketones is 1. The minimum atomic E-state index is -0.00290. The third-order valence-electron chi connectivity index (χ3n) is 2.16. The van der Waals surface area contributed by atoms with Crippen molar-refractivity contribution in [2.75, 3.05) is 19.5 Å². The number of carbonyl (C=O) groups is 1. The Kier molecular flexibility index (Phi) is 4.57. The molecule has 0 radical (unpaired) electrons. The lowest BCUT2D eigenvalue weighted by Crippen LogP contribution is -2.00. The first-order valence-corrected chi connectivity index (χ1v) is 5.24. The Morgan fingerprint density at radius 3 is 2.47 bits per heavy atom. The van der Waals surface area contributed by atoms with E-state index in [0.29, 0.717) is 5.75 Å². The highest BCUT2D eigenvalue weighted by Gasteiger charge is 2.05. The van der Waals surface area contributed by atoms with E-state index < -0.39 is 0 Å². The van der Waals surface area contributed by atoms with Gasteiger partial charge < -0.3 is 14.8 Å². The van der Waals surface area contributed by atoms with Crippen LogP contribution < -0.4 is 14.8 Å². The lowest BCUT2D eigenvalue weighted by Gasteiger charge is -2.12. The summed E-state index contributed by atoms with van der Waals surface area (Å²) >= 11 is 0. The standard InChI is InChI=1S/C13H17NO3/c1-9(7-10(2)15)14-12-8-11(16-3)5-6-13(12)17-4/h5-8,14H,1-4H3/b9-7+. The van der Waals surface area contributed by atoms with Crippen LogP contribution in [0.4, 0.5) is 5.69 Å². The van der Waals surface area contributed by atoms with Crippen molar-refractivity contribution >= 4 is 11.5 Å². The van der Waals surface area contributed by atoms with E-state index in [1.807, 2.05) is 25.1 Å². The molecule has 4 nitrogen and oxygen atoms in total. The highest BCUT2D eigenvalue weighted by atomic mass is 16.5. The maximum atomic E-state index is 10.9. The van der Waals surface area contributed by atoms with E-state index in [-0.39, 0.29) is 5.78 Å². The van der Waals surface area contributed by atoms with Crippen LogP contribution in [0.1, 0.15) is 13.8 Å². The van der Waals surface area contributed by atoms with E-state index in [4.69, 9.17) is 9.47 Å². The van der Waals surface area contributed by atoms with Crippen molar-refractivity contribution in [2.24, 2.45) is 0 Å². The van der Waals surface area contributed by atoms with Gasteiger partial charge in [0, 0.05) is 11.8 Å². The molecule has 92 valence electrons. The number of allylic oxidation sites excluding steroid dienone is 2. The number of benzene rings is 1. The van der Waals surface area contributed by atoms with Crippen LogP contribution in [0.25, 0.3) is 0 Å². The molecule has 0 saturated heterocycles. The molecule has 1 rings (SSSR count). The first kappa shape index (κ1) is 13.1. The molecule has 0 bridgehead atoms. The molecule has 0 aliphatic heterocycles. The molecule has 0 atom stereocenters. The van der Waals surface area contributed by atoms with E-state index in [2.05, 4.69) is 5.32 Å². The van der Waals surface area contributed by atoms with Gasteiger partial charge in [-0.3, -0.25) is 4.79 Å². The number of methoxy groups -OCH3 is 2. The van der Waals surface area contributed by atoms with Crippen LogP contribution in [0.3, 0.4) is 0 Å². The average molecular weight is 235 g/mol. The number of anilines is 1. The van der Waals surface area contributed by atoms with E-state index in [0.717, 1.165) is 17.1 Å². The van der Waals surface area contributed by atoms with Crippen molar-refractivity contribution in [3.05, 3.63) is 30.0 Å². The molecule has 0 saturated carbocycles. The van der Waals surface area contributed by atoms with Gasteiger partial charge in [0.05, 0.1) is 19.9 Å². The number of carbonyl (C=O) groups excluding carboxylic acids is 1. The summed E-state index contributed by atoms with van der Waals surface area (Å²) in [5.41, 5.74) is 1.52. The molecule has 0 fully saturated rings. The summed E-state index contributed by atoms with van der Waals surface area (Å²) in [5.74, 6) is 1.42. The SMILES string of the molecule is COc1ccc(OC)c(N/C(C)=C/C(C)=O)c1. The molecule has 1 aromatic carbocycles. The zero-order valence-corrected chi connectivity index (χ0v) is 10.5. The number of rotatable bonds is 5. The van der Waals surface area contributed by atoms with Gasteiger partial charge in [0.25, 0.3) is 0 Å². The van der Waals surface area contributed by atoms with Crippen LogP contribution in [-0.2, 0) is 4.79 Å². The first-order valence-electron chi connectivity index (χ1n) is 5.24. The van der Waals surface area contributed by atoms with Crippen molar-refractivity contribution in [1.82, 2.24) is 0 Å². The monoisotopic (exact) mass is 235 g/mol. The molecular formula is C13H17NO3. The molecule has 0 amide bonds. The molecule has 0 unspecified atom stereocenters. The number of hydrogen-bond donors (Lipinski definition) is 1. The van der Waals surface area contributed by atoms with Gasteiger partial charge in [-0.2, -0.15) is 0 Å². The van der Waals surface area contributed by atoms with Gasteiger partial charge in [-0.05, 0) is 32.1 Å². The largest absolute Gasteiger partial charge is 0.497 e. The summed E-state index contributed by atoms with van der Waals surface area (Å²) in [5, 5.41) is 3.10. The average Bonchev–Trinajstić information content (AvgIpc) is 2.27. The van der Waals surface area contributed by atoms with Crippen LogP contribution >= 0.6 is 0 Å². The third-order valence-corrected chi connectivity index (χ3v) is 2.16. The van der Waals surface area contributed by atoms with E-state index in [1.54, 1.807) is 14.2 Å². The van der Waals surface area contributed by atoms with Crippen LogP contribution in [0.15, 0.2) is 30.0 Å². The summed E-state index contributed by atoms with van der Waals surface area (Å²) in [6.07, 6.45) is 1.53. The van der Waals surface area contributed by atoms with Gasteiger partial charge in [0.1, 0.15) is 11.5 Å². The fourth-order valence-corrected chi connectivity index (χ4v) is 1.47. The minimum absolute atomic E-state index is 0.00290. The number of ether oxygens (including phenoxy) is 2. The van der Waals surface area contributed by atoms with Crippen LogP contribution in [0.2, 0.25) is 0 Å². The lowest BCUT2D eigenvalue weighted by atomic mass is 10.2. The highest BCUT2D eigenvalue weighted by Crippen LogP contribution is 2.29. The Balaban J connectivity index is 2.99. The Bertz CT molecular complexity index is 438. The summed E-state index contributed by atoms with van der Waals surface area (Å²) in [6.45, 7) is 3.33. The van der Waals surface area contributed by atoms with Crippen LogP contribution in [-0.4, -0.2) is 20.0 Å². The Morgan fingerprint density at radius 1 is 1.24 bits per heavy atom. The minimum Gasteiger partial charge on any atom is -0.497 e. The summed E-state index contributed by atoms with van der Waals surface area (Å²) in [7, 11) is 3.20. The van der Waals surface area contributed by atoms with Gasteiger partial charge in [-0.1, -0.05) is 0 Å². The second-order valence-electron chi connectivity index (χ2n) is 3.63. The van der Waals surface area contributed by atoms with Gasteiger partial charge >= 0.3 is 0 Å². The van der Waals surface area contributed by atoms with E-state index in [9.17, 15) is 4.79 Å². The first-order chi connectivity index (χ1) is 8.06. The van der Waals surface area contributed by atoms with Crippen molar-refractivity contribution in [1.29, 1.82) is 0 Å². The quantitative estimate of drug-likeness (QED) is 0.797. The Morgan fingerprint density at radius 2 is 1.94 bits per heavy atom. The van der Waals surface area contributed by atoms with Crippen molar-refractivity contribution in [3.8, 4) is 11.5 Å². The molecule has 0 aliphatic carbocycles. The predicted molar refractivity (Wildman–Crippen MR) is 67.6 cm³/mol.